The molecule has 0 bridgehead atoms. The van der Waals surface area contributed by atoms with E-state index in [0.717, 1.165) is 134 Å². The van der Waals surface area contributed by atoms with Crippen molar-refractivity contribution >= 4 is 229 Å². The fraction of sp³-hybridized carbons (Fsp3) is 0.198. The summed E-state index contributed by atoms with van der Waals surface area (Å²) in [6.07, 6.45) is 12.8. The van der Waals surface area contributed by atoms with E-state index in [-0.39, 0.29) is 111 Å². The van der Waals surface area contributed by atoms with Gasteiger partial charge in [0.05, 0.1) is 82.8 Å². The van der Waals surface area contributed by atoms with E-state index in [1.54, 1.807) is 49.5 Å². The molecule has 1 amide bonds. The number of ether oxygens (including phenoxy) is 7. The van der Waals surface area contributed by atoms with Gasteiger partial charge in [-0.25, -0.2) is 7.23 Å². The van der Waals surface area contributed by atoms with Crippen molar-refractivity contribution in [3.63, 3.8) is 0 Å². The summed E-state index contributed by atoms with van der Waals surface area (Å²) in [7, 11) is 12.0. The SMILES string of the molecule is CCOC(=O)/C=C(/c1ccccc1)c1cc(OC)c2[nH]ccc2c1.CCOC(=O)CC(c1ccccc1)c1cc(OC)c2[nH]ccc2c1.CNC(=O)CC(c1ccccc1)c1cc(OC)c2[nH]ccc2c1.CNCCC(c1ccccc1)c1cc(OC)c2[nH]ccc2c1.COc1cc(Br)cc2cc[nH]c12.I[C-](I)I.I[CH-]I.[CH2-]I.[CH3-].[V].[V].[V].[V]. The number of methoxy groups -OCH3 is 5. The van der Waals surface area contributed by atoms with Crippen LogP contribution in [0.4, 0.5) is 0 Å². The van der Waals surface area contributed by atoms with Crippen molar-refractivity contribution in [2.75, 3.05) is 69.4 Å². The number of fused-ring (bicyclic) bond motifs is 5. The minimum atomic E-state index is -0.357. The van der Waals surface area contributed by atoms with Crippen LogP contribution in [0.5, 0.6) is 28.7 Å². The molecular formula is C91H96BrI6N7O10V4-4. The van der Waals surface area contributed by atoms with Crippen molar-refractivity contribution in [2.24, 2.45) is 0 Å². The number of aromatic nitrogens is 5. The Morgan fingerprint density at radius 3 is 1.12 bits per heavy atom. The third-order valence-corrected chi connectivity index (χ3v) is 18.5. The molecule has 119 heavy (non-hydrogen) atoms. The molecule has 28 heteroatoms. The van der Waals surface area contributed by atoms with E-state index in [9.17, 15) is 14.4 Å². The van der Waals surface area contributed by atoms with Crippen LogP contribution < -0.4 is 34.3 Å². The Kier molecular flexibility index (Phi) is 56.0. The Bertz CT molecular complexity index is 5260. The van der Waals surface area contributed by atoms with Crippen molar-refractivity contribution in [1.29, 1.82) is 0 Å². The number of H-pyrrole nitrogens is 5. The Morgan fingerprint density at radius 2 is 0.765 bits per heavy atom. The Labute approximate surface area is 837 Å². The first kappa shape index (κ1) is 110. The first-order valence-corrected chi connectivity index (χ1v) is 44.1. The number of carbonyl (C=O) groups is 3. The van der Waals surface area contributed by atoms with Crippen LogP contribution in [0.1, 0.15) is 95.4 Å². The quantitative estimate of drug-likeness (QED) is 0.0138. The van der Waals surface area contributed by atoms with E-state index < -0.39 is 0 Å². The average molecular weight is 2490 g/mol. The molecule has 628 valence electrons. The zero-order valence-corrected chi connectivity index (χ0v) is 87.6. The molecule has 9 aromatic carbocycles. The summed E-state index contributed by atoms with van der Waals surface area (Å²) in [4.78, 5) is 55.3. The number of carbonyl (C=O) groups excluding carboxylic acids is 3. The molecule has 4 radical (unpaired) electrons. The van der Waals surface area contributed by atoms with E-state index in [0.29, 0.717) is 32.0 Å². The number of benzene rings is 9. The minimum absolute atomic E-state index is 0. The van der Waals surface area contributed by atoms with Gasteiger partial charge < -0.3 is 144 Å². The molecule has 14 rings (SSSR count). The van der Waals surface area contributed by atoms with Gasteiger partial charge >= 0.3 is 11.9 Å². The van der Waals surface area contributed by atoms with E-state index in [1.165, 1.54) is 22.5 Å². The van der Waals surface area contributed by atoms with Gasteiger partial charge in [0.25, 0.3) is 0 Å². The molecule has 5 aromatic heterocycles. The van der Waals surface area contributed by atoms with Crippen molar-refractivity contribution in [1.82, 2.24) is 35.6 Å². The maximum atomic E-state index is 12.1. The average Bonchev–Trinajstić information content (AvgIpc) is 1.77. The Morgan fingerprint density at radius 1 is 0.445 bits per heavy atom. The van der Waals surface area contributed by atoms with Crippen molar-refractivity contribution in [3.05, 3.63) is 313 Å². The molecule has 17 nitrogen and oxygen atoms in total. The molecule has 3 unspecified atom stereocenters. The third kappa shape index (κ3) is 33.8. The van der Waals surface area contributed by atoms with Crippen LogP contribution in [0, 0.1) is 14.7 Å². The summed E-state index contributed by atoms with van der Waals surface area (Å²) in [6.45, 7) is 5.33. The predicted octanol–water partition coefficient (Wildman–Crippen LogP) is 25.1. The zero-order valence-electron chi connectivity index (χ0n) is 67.4. The Hall–Kier alpha value is -5.01. The monoisotopic (exact) mass is 2490 g/mol. The Balaban J connectivity index is 0.000000491. The molecule has 3 atom stereocenters. The summed E-state index contributed by atoms with van der Waals surface area (Å²) in [5, 5.41) is 11.5. The number of hydrogen-bond donors (Lipinski definition) is 7. The van der Waals surface area contributed by atoms with Gasteiger partial charge in [0.1, 0.15) is 28.7 Å². The van der Waals surface area contributed by atoms with Crippen molar-refractivity contribution in [3.8, 4) is 28.7 Å². The molecule has 14 aromatic rings. The van der Waals surface area contributed by atoms with Gasteiger partial charge in [-0.3, -0.25) is 82.3 Å². The first-order valence-electron chi connectivity index (χ1n) is 36.1. The summed E-state index contributed by atoms with van der Waals surface area (Å²) in [5.74, 6) is 3.82. The van der Waals surface area contributed by atoms with Gasteiger partial charge in [0.15, 0.2) is 0 Å². The second-order valence-corrected chi connectivity index (χ2v) is 38.8. The van der Waals surface area contributed by atoms with Crippen LogP contribution in [0.3, 0.4) is 0 Å². The number of halogens is 7. The van der Waals surface area contributed by atoms with E-state index in [4.69, 9.17) is 33.2 Å². The molecule has 5 heterocycles. The number of esters is 2. The maximum absolute atomic E-state index is 12.1. The molecule has 0 spiro atoms. The maximum Gasteiger partial charge on any atom is 0.331 e. The standard InChI is InChI=1S/C20H21NO3.C20H19NO3.C19H20N2O2.C19H22N2O.C9H8BrNO.CI3.CHI2.CH2I.CH3.4V/c2*1-3-24-19(22)13-17(14-7-5-4-6-8-14)16-11-15-9-10-21-20(15)18(12-16)23-2;1-20-18(22)12-16(13-6-4-3-5-7-13)15-10-14-8-9-21-19(14)17(11-15)23-2;1-20-10-9-17(14-6-4-3-5-7-14)16-12-15-8-11-21-19(15)18(13-16)22-2;1-12-8-5-7(10)4-6-2-3-11-9(6)8;2-1(3)4;2-1-3;1-2;;;;;/h4-12,17,21H,3,13H2,1-2H3;4-13,21H,3H2,1-2H3;3-11,16,21H,12H2,1-2H3,(H,20,22);3-8,11-13,17,20-21H,9-10H2,1-2H3;2-5,11H,1H3;;1H;1H2;1H3;;;;/q;;;;;4*-1;;;;/b;17-13-;;;;;;;;;;;. The topological polar surface area (TPSA) is 219 Å². The van der Waals surface area contributed by atoms with Gasteiger partial charge in [-0.2, -0.15) is 0 Å². The number of aromatic amines is 5. The molecule has 0 aliphatic rings. The number of hydrogen-bond acceptors (Lipinski definition) is 11. The number of amides is 1. The second kappa shape index (κ2) is 60.5. The van der Waals surface area contributed by atoms with Crippen LogP contribution >= 0.6 is 151 Å². The van der Waals surface area contributed by atoms with E-state index >= 15 is 0 Å². The smallest absolute Gasteiger partial charge is 0.331 e. The van der Waals surface area contributed by atoms with Gasteiger partial charge in [-0.15, -0.1) is -0.0619 Å². The fourth-order valence-corrected chi connectivity index (χ4v) is 13.4. The molecule has 0 saturated carbocycles. The molecular weight excluding hydrogens is 2400 g/mol. The summed E-state index contributed by atoms with van der Waals surface area (Å²) in [6, 6.07) is 71.3. The molecule has 0 aliphatic heterocycles. The first-order chi connectivity index (χ1) is 55.5. The number of rotatable bonds is 23. The molecule has 7 N–H and O–H groups in total. The van der Waals surface area contributed by atoms with Crippen LogP contribution in [0.25, 0.3) is 60.1 Å². The third-order valence-electron chi connectivity index (χ3n) is 18.0. The molecule has 0 saturated heterocycles. The zero-order chi connectivity index (χ0) is 82.3. The van der Waals surface area contributed by atoms with Crippen molar-refractivity contribution in [2.45, 2.75) is 50.9 Å². The van der Waals surface area contributed by atoms with E-state index in [2.05, 4.69) is 242 Å². The fourth-order valence-electron chi connectivity index (χ4n) is 12.9. The largest absolute Gasteiger partial charge is 0.495 e. The van der Waals surface area contributed by atoms with Gasteiger partial charge in [0, 0.05) is 174 Å². The van der Waals surface area contributed by atoms with Crippen LogP contribution in [0.2, 0.25) is 0 Å². The van der Waals surface area contributed by atoms with E-state index in [1.807, 2.05) is 210 Å². The van der Waals surface area contributed by atoms with Gasteiger partial charge in [0.2, 0.25) is 5.91 Å². The normalized spacial score (nSPS) is 11.0. The summed E-state index contributed by atoms with van der Waals surface area (Å²) >= 11 is 16.3. The molecule has 0 fully saturated rings. The van der Waals surface area contributed by atoms with Crippen molar-refractivity contribution < 1.29 is 122 Å². The molecule has 0 aliphatic carbocycles. The van der Waals surface area contributed by atoms with Gasteiger partial charge in [-0.05, 0) is 175 Å². The van der Waals surface area contributed by atoms with Crippen LogP contribution in [-0.4, -0.2) is 112 Å². The summed E-state index contributed by atoms with van der Waals surface area (Å²) < 4.78 is 41.9. The second-order valence-electron chi connectivity index (χ2n) is 24.8. The van der Waals surface area contributed by atoms with Crippen LogP contribution in [-0.2, 0) is 98.1 Å². The van der Waals surface area contributed by atoms with Gasteiger partial charge in [-0.1, -0.05) is 137 Å². The minimum Gasteiger partial charge on any atom is -0.495 e. The number of nitrogens with one attached hydrogen (secondary N) is 7. The summed E-state index contributed by atoms with van der Waals surface area (Å²) in [5.41, 5.74) is 14.6. The predicted molar refractivity (Wildman–Crippen MR) is 529 cm³/mol. The van der Waals surface area contributed by atoms with Crippen LogP contribution in [0.15, 0.2) is 254 Å².